The zero-order valence-electron chi connectivity index (χ0n) is 25.3. The smallest absolute Gasteiger partial charge is 0.247 e. The third-order valence-electron chi connectivity index (χ3n) is 9.15. The van der Waals surface area contributed by atoms with Crippen molar-refractivity contribution in [3.63, 3.8) is 0 Å². The van der Waals surface area contributed by atoms with E-state index in [1.165, 1.54) is 16.7 Å². The van der Waals surface area contributed by atoms with E-state index in [0.29, 0.717) is 11.3 Å². The molecule has 8 heteroatoms. The number of carbonyl (C=O) groups is 1. The number of ether oxygens (including phenoxy) is 1. The summed E-state index contributed by atoms with van der Waals surface area (Å²) in [4.78, 5) is 21.1. The fourth-order valence-corrected chi connectivity index (χ4v) is 7.66. The van der Waals surface area contributed by atoms with Crippen LogP contribution in [0.2, 0.25) is 18.1 Å². The summed E-state index contributed by atoms with van der Waals surface area (Å²) in [7, 11) is -1.97. The van der Waals surface area contributed by atoms with E-state index in [2.05, 4.69) is 58.1 Å². The molecule has 2 heterocycles. The molecule has 1 spiro atoms. The Bertz CT molecular complexity index is 1500. The molecule has 216 valence electrons. The summed E-state index contributed by atoms with van der Waals surface area (Å²) < 4.78 is 12.1. The van der Waals surface area contributed by atoms with Gasteiger partial charge in [0, 0.05) is 30.3 Å². The average Bonchev–Trinajstić information content (AvgIpc) is 3.66. The Morgan fingerprint density at radius 2 is 2.00 bits per heavy atom. The summed E-state index contributed by atoms with van der Waals surface area (Å²) in [5.74, 6) is 0.717. The fraction of sp³-hybridized carbons (Fsp3) is 0.485. The minimum Gasteiger partial charge on any atom is -0.490 e. The van der Waals surface area contributed by atoms with Gasteiger partial charge in [-0.3, -0.25) is 4.79 Å². The number of nitrogens with zero attached hydrogens (tertiary/aromatic N) is 3. The highest BCUT2D eigenvalue weighted by Crippen LogP contribution is 2.49. The fourth-order valence-electron chi connectivity index (χ4n) is 5.78. The first kappa shape index (κ1) is 29.5. The molecule has 1 aliphatic carbocycles. The van der Waals surface area contributed by atoms with Crippen molar-refractivity contribution < 1.29 is 14.0 Å². The van der Waals surface area contributed by atoms with Gasteiger partial charge in [-0.05, 0) is 86.1 Å². The Kier molecular flexibility index (Phi) is 7.92. The van der Waals surface area contributed by atoms with Gasteiger partial charge in [0.2, 0.25) is 5.91 Å². The summed E-state index contributed by atoms with van der Waals surface area (Å²) in [5, 5.41) is 10.6. The molecule has 1 saturated heterocycles. The molecule has 1 unspecified atom stereocenters. The van der Waals surface area contributed by atoms with Crippen LogP contribution in [0, 0.1) is 11.3 Å². The minimum atomic E-state index is -1.97. The molecule has 3 aromatic rings. The van der Waals surface area contributed by atoms with Crippen LogP contribution in [-0.2, 0) is 21.1 Å². The first-order chi connectivity index (χ1) is 19.3. The normalized spacial score (nSPS) is 18.7. The number of rotatable bonds is 7. The van der Waals surface area contributed by atoms with Gasteiger partial charge in [-0.15, -0.1) is 11.3 Å². The van der Waals surface area contributed by atoms with Crippen LogP contribution in [-0.4, -0.2) is 49.9 Å². The molecule has 1 atom stereocenters. The van der Waals surface area contributed by atoms with Crippen molar-refractivity contribution in [1.29, 1.82) is 5.26 Å². The number of benzene rings is 2. The van der Waals surface area contributed by atoms with Gasteiger partial charge in [0.1, 0.15) is 23.4 Å². The van der Waals surface area contributed by atoms with Crippen molar-refractivity contribution in [3.8, 4) is 32.8 Å². The zero-order valence-corrected chi connectivity index (χ0v) is 27.2. The molecule has 1 fully saturated rings. The average molecular weight is 588 g/mol. The molecule has 41 heavy (non-hydrogen) atoms. The summed E-state index contributed by atoms with van der Waals surface area (Å²) in [5.41, 5.74) is 5.45. The van der Waals surface area contributed by atoms with E-state index in [9.17, 15) is 10.1 Å². The first-order valence-electron chi connectivity index (χ1n) is 14.5. The van der Waals surface area contributed by atoms with Crippen LogP contribution in [0.15, 0.2) is 42.6 Å². The number of thiazole rings is 1. The van der Waals surface area contributed by atoms with E-state index in [4.69, 9.17) is 14.1 Å². The van der Waals surface area contributed by atoms with Crippen molar-refractivity contribution in [2.75, 3.05) is 19.7 Å². The number of likely N-dealkylation sites (tertiary alicyclic amines) is 1. The predicted molar refractivity (Wildman–Crippen MR) is 168 cm³/mol. The van der Waals surface area contributed by atoms with Crippen molar-refractivity contribution in [1.82, 2.24) is 9.88 Å². The van der Waals surface area contributed by atoms with Crippen LogP contribution >= 0.6 is 11.3 Å². The van der Waals surface area contributed by atoms with Gasteiger partial charge in [0.25, 0.3) is 0 Å². The van der Waals surface area contributed by atoms with Gasteiger partial charge < -0.3 is 14.1 Å². The summed E-state index contributed by atoms with van der Waals surface area (Å²) >= 11 is 1.65. The number of hydrogen-bond acceptors (Lipinski definition) is 6. The lowest BCUT2D eigenvalue weighted by Crippen LogP contribution is -2.44. The molecular weight excluding hydrogens is 547 g/mol. The SMILES string of the molecule is CC(C)Oc1ccc(-c2ncc(-c3cccc4c3CCC43CCN(C(=O)CO[Si](C)(C)C(C)(C)C)C3)s2)cc1C#N. The molecule has 0 radical (unpaired) electrons. The molecule has 0 N–H and O–H groups in total. The van der Waals surface area contributed by atoms with Crippen LogP contribution in [0.4, 0.5) is 0 Å². The van der Waals surface area contributed by atoms with E-state index in [0.717, 1.165) is 47.8 Å². The molecular formula is C33H41N3O3SSi. The molecule has 0 saturated carbocycles. The Labute approximate surface area is 249 Å². The van der Waals surface area contributed by atoms with Crippen LogP contribution in [0.1, 0.15) is 64.2 Å². The van der Waals surface area contributed by atoms with E-state index in [1.54, 1.807) is 11.3 Å². The zero-order chi connectivity index (χ0) is 29.6. The third kappa shape index (κ3) is 5.72. The van der Waals surface area contributed by atoms with Gasteiger partial charge in [-0.25, -0.2) is 4.98 Å². The Hall–Kier alpha value is -2.99. The number of nitriles is 1. The quantitative estimate of drug-likeness (QED) is 0.267. The monoisotopic (exact) mass is 587 g/mol. The van der Waals surface area contributed by atoms with Gasteiger partial charge in [0.05, 0.1) is 16.5 Å². The van der Waals surface area contributed by atoms with Gasteiger partial charge in [-0.1, -0.05) is 39.0 Å². The maximum atomic E-state index is 13.2. The van der Waals surface area contributed by atoms with Crippen molar-refractivity contribution in [2.45, 2.75) is 83.5 Å². The molecule has 2 aromatic carbocycles. The van der Waals surface area contributed by atoms with Crippen LogP contribution in [0.25, 0.3) is 21.0 Å². The highest BCUT2D eigenvalue weighted by atomic mass is 32.1. The third-order valence-corrected chi connectivity index (χ3v) is 14.7. The number of carbonyl (C=O) groups excluding carboxylic acids is 1. The summed E-state index contributed by atoms with van der Waals surface area (Å²) in [6.45, 7) is 16.6. The number of hydrogen-bond donors (Lipinski definition) is 0. The molecule has 1 aromatic heterocycles. The molecule has 0 bridgehead atoms. The van der Waals surface area contributed by atoms with Crippen molar-refractivity contribution >= 4 is 25.6 Å². The minimum absolute atomic E-state index is 0.00330. The van der Waals surface area contributed by atoms with E-state index in [1.807, 2.05) is 43.1 Å². The topological polar surface area (TPSA) is 75.4 Å². The second kappa shape index (κ2) is 11.0. The van der Waals surface area contributed by atoms with Crippen LogP contribution < -0.4 is 4.74 Å². The molecule has 1 amide bonds. The molecule has 5 rings (SSSR count). The second-order valence-electron chi connectivity index (χ2n) is 13.2. The standard InChI is InChI=1S/C33H41N3O3SSi/c1-22(2)39-28-12-11-23(17-24(28)18-34)31-35-19-29(40-31)26-9-8-10-27-25(26)13-14-33(27)15-16-36(21-33)30(37)20-38-41(6,7)32(3,4)5/h8-12,17,19,22H,13-16,20-21H2,1-7H3. The maximum Gasteiger partial charge on any atom is 0.247 e. The largest absolute Gasteiger partial charge is 0.490 e. The Morgan fingerprint density at radius 3 is 2.71 bits per heavy atom. The van der Waals surface area contributed by atoms with Crippen LogP contribution in [0.3, 0.4) is 0 Å². The summed E-state index contributed by atoms with van der Waals surface area (Å²) in [6.07, 6.45) is 5.00. The highest BCUT2D eigenvalue weighted by Gasteiger charge is 2.46. The van der Waals surface area contributed by atoms with Gasteiger partial charge in [0.15, 0.2) is 8.32 Å². The lowest BCUT2D eigenvalue weighted by Gasteiger charge is -2.36. The highest BCUT2D eigenvalue weighted by molar-refractivity contribution is 7.18. The predicted octanol–water partition coefficient (Wildman–Crippen LogP) is 7.57. The molecule has 1 aliphatic heterocycles. The van der Waals surface area contributed by atoms with Crippen molar-refractivity contribution in [3.05, 3.63) is 59.3 Å². The van der Waals surface area contributed by atoms with Crippen LogP contribution in [0.5, 0.6) is 5.75 Å². The second-order valence-corrected chi connectivity index (χ2v) is 19.1. The Balaban J connectivity index is 1.34. The van der Waals surface area contributed by atoms with Crippen molar-refractivity contribution in [2.24, 2.45) is 0 Å². The lowest BCUT2D eigenvalue weighted by atomic mass is 9.81. The van der Waals surface area contributed by atoms with E-state index >= 15 is 0 Å². The Morgan fingerprint density at radius 1 is 1.22 bits per heavy atom. The number of amides is 1. The lowest BCUT2D eigenvalue weighted by molar-refractivity contribution is -0.132. The first-order valence-corrected chi connectivity index (χ1v) is 18.3. The molecule has 6 nitrogen and oxygen atoms in total. The number of fused-ring (bicyclic) bond motifs is 2. The summed E-state index contributed by atoms with van der Waals surface area (Å²) in [6, 6.07) is 14.6. The van der Waals surface area contributed by atoms with E-state index < -0.39 is 8.32 Å². The molecule has 2 aliphatic rings. The number of aromatic nitrogens is 1. The van der Waals surface area contributed by atoms with Gasteiger partial charge >= 0.3 is 0 Å². The maximum absolute atomic E-state index is 13.2. The van der Waals surface area contributed by atoms with Gasteiger partial charge in [-0.2, -0.15) is 5.26 Å². The van der Waals surface area contributed by atoms with E-state index in [-0.39, 0.29) is 29.1 Å².